The second-order valence-corrected chi connectivity index (χ2v) is 10.1. The molecule has 2 N–H and O–H groups in total. The molecule has 1 aromatic carbocycles. The SMILES string of the molecule is COC(=O)C1CN(C(=O)C2CCCN2C(=O)c2nc(-c3ccc(OC(F)F)c(OCC4CC4)c3)oc2CN)CCO1. The maximum atomic E-state index is 13.7. The van der Waals surface area contributed by atoms with Crippen molar-refractivity contribution in [1.29, 1.82) is 0 Å². The zero-order valence-corrected chi connectivity index (χ0v) is 22.6. The maximum absolute atomic E-state index is 13.7. The number of hydrogen-bond acceptors (Lipinski definition) is 10. The number of nitrogens with two attached hydrogens (primary N) is 1. The molecule has 5 rings (SSSR count). The van der Waals surface area contributed by atoms with E-state index in [-0.39, 0.29) is 61.0 Å². The van der Waals surface area contributed by atoms with E-state index in [0.29, 0.717) is 37.5 Å². The van der Waals surface area contributed by atoms with E-state index in [9.17, 15) is 23.2 Å². The predicted molar refractivity (Wildman–Crippen MR) is 137 cm³/mol. The number of aromatic nitrogens is 1. The minimum atomic E-state index is -3.03. The van der Waals surface area contributed by atoms with Crippen LogP contribution in [0.15, 0.2) is 22.6 Å². The fourth-order valence-corrected chi connectivity index (χ4v) is 4.96. The van der Waals surface area contributed by atoms with Crippen molar-refractivity contribution in [3.8, 4) is 23.0 Å². The lowest BCUT2D eigenvalue weighted by Gasteiger charge is -2.35. The highest BCUT2D eigenvalue weighted by Gasteiger charge is 2.41. The van der Waals surface area contributed by atoms with Gasteiger partial charge in [0, 0.05) is 18.7 Å². The Morgan fingerprint density at radius 2 is 1.98 bits per heavy atom. The number of methoxy groups -OCH3 is 1. The van der Waals surface area contributed by atoms with Gasteiger partial charge in [-0.25, -0.2) is 9.78 Å². The molecule has 3 heterocycles. The number of hydrogen-bond donors (Lipinski definition) is 1. The third-order valence-electron chi connectivity index (χ3n) is 7.30. The Labute approximate surface area is 234 Å². The van der Waals surface area contributed by atoms with Gasteiger partial charge in [-0.15, -0.1) is 0 Å². The van der Waals surface area contributed by atoms with Gasteiger partial charge in [0.05, 0.1) is 33.4 Å². The van der Waals surface area contributed by atoms with E-state index in [1.165, 1.54) is 35.1 Å². The van der Waals surface area contributed by atoms with Gasteiger partial charge < -0.3 is 38.9 Å². The van der Waals surface area contributed by atoms with Crippen LogP contribution in [0.1, 0.15) is 41.9 Å². The Morgan fingerprint density at radius 1 is 1.17 bits per heavy atom. The summed E-state index contributed by atoms with van der Waals surface area (Å²) >= 11 is 0. The van der Waals surface area contributed by atoms with Crippen molar-refractivity contribution in [1.82, 2.24) is 14.8 Å². The number of benzene rings is 1. The molecule has 2 atom stereocenters. The highest BCUT2D eigenvalue weighted by atomic mass is 19.3. The first-order chi connectivity index (χ1) is 19.8. The number of nitrogens with zero attached hydrogens (tertiary/aromatic N) is 3. The van der Waals surface area contributed by atoms with Gasteiger partial charge in [-0.3, -0.25) is 9.59 Å². The normalized spacial score (nSPS) is 20.8. The van der Waals surface area contributed by atoms with Crippen molar-refractivity contribution in [3.05, 3.63) is 29.7 Å². The number of ether oxygens (including phenoxy) is 4. The number of esters is 1. The van der Waals surface area contributed by atoms with Gasteiger partial charge >= 0.3 is 12.6 Å². The lowest BCUT2D eigenvalue weighted by Crippen LogP contribution is -2.54. The molecule has 2 amide bonds. The number of carbonyl (C=O) groups excluding carboxylic acids is 3. The van der Waals surface area contributed by atoms with E-state index in [1.54, 1.807) is 0 Å². The summed E-state index contributed by atoms with van der Waals surface area (Å²) in [5, 5.41) is 0. The summed E-state index contributed by atoms with van der Waals surface area (Å²) in [6.45, 7) is -2.00. The van der Waals surface area contributed by atoms with E-state index >= 15 is 0 Å². The summed E-state index contributed by atoms with van der Waals surface area (Å²) in [5.74, 6) is -0.862. The molecule has 2 aliphatic heterocycles. The first kappa shape index (κ1) is 28.7. The molecule has 2 unspecified atom stereocenters. The summed E-state index contributed by atoms with van der Waals surface area (Å²) in [7, 11) is 1.25. The lowest BCUT2D eigenvalue weighted by atomic mass is 10.1. The first-order valence-electron chi connectivity index (χ1n) is 13.5. The molecule has 0 radical (unpaired) electrons. The van der Waals surface area contributed by atoms with Crippen LogP contribution < -0.4 is 15.2 Å². The van der Waals surface area contributed by atoms with Crippen molar-refractivity contribution in [2.45, 2.75) is 51.0 Å². The number of alkyl halides is 2. The van der Waals surface area contributed by atoms with Gasteiger partial charge in [-0.2, -0.15) is 8.78 Å². The van der Waals surface area contributed by atoms with E-state index < -0.39 is 30.6 Å². The van der Waals surface area contributed by atoms with E-state index in [2.05, 4.69) is 9.72 Å². The van der Waals surface area contributed by atoms with E-state index in [4.69, 9.17) is 24.4 Å². The van der Waals surface area contributed by atoms with Crippen LogP contribution in [-0.4, -0.2) is 91.3 Å². The first-order valence-corrected chi connectivity index (χ1v) is 13.5. The van der Waals surface area contributed by atoms with Crippen molar-refractivity contribution in [2.75, 3.05) is 40.0 Å². The number of oxazole rings is 1. The van der Waals surface area contributed by atoms with Crippen molar-refractivity contribution in [2.24, 2.45) is 11.7 Å². The molecule has 12 nitrogen and oxygen atoms in total. The molecule has 3 fully saturated rings. The number of carbonyl (C=O) groups is 3. The number of rotatable bonds is 10. The Balaban J connectivity index is 1.35. The monoisotopic (exact) mass is 578 g/mol. The molecular formula is C27H32F2N4O8. The molecule has 14 heteroatoms. The number of likely N-dealkylation sites (tertiary alicyclic amines) is 1. The largest absolute Gasteiger partial charge is 0.489 e. The number of morpholine rings is 1. The van der Waals surface area contributed by atoms with Crippen LogP contribution in [0.2, 0.25) is 0 Å². The number of halogens is 2. The Kier molecular flexibility index (Phi) is 8.68. The van der Waals surface area contributed by atoms with Crippen LogP contribution in [0, 0.1) is 5.92 Å². The van der Waals surface area contributed by atoms with E-state index in [1.807, 2.05) is 0 Å². The van der Waals surface area contributed by atoms with Gasteiger partial charge in [0.2, 0.25) is 11.8 Å². The second-order valence-electron chi connectivity index (χ2n) is 10.1. The highest BCUT2D eigenvalue weighted by molar-refractivity contribution is 5.97. The lowest BCUT2D eigenvalue weighted by molar-refractivity contribution is -0.163. The standard InChI is InChI=1S/C27H32F2N4O8/c1-37-26(36)21-13-32(9-10-38-21)24(34)17-3-2-8-33(17)25(35)22-20(12-30)40-23(31-22)16-6-7-18(41-27(28)29)19(11-16)39-14-15-4-5-15/h6-7,11,15,17,21,27H,2-5,8-10,12-14,30H2,1H3. The average molecular weight is 579 g/mol. The predicted octanol–water partition coefficient (Wildman–Crippen LogP) is 2.20. The van der Waals surface area contributed by atoms with Gasteiger partial charge in [0.1, 0.15) is 6.04 Å². The van der Waals surface area contributed by atoms with Crippen LogP contribution in [-0.2, 0) is 25.6 Å². The molecule has 2 aromatic rings. The summed E-state index contributed by atoms with van der Waals surface area (Å²) in [4.78, 5) is 46.4. The third-order valence-corrected chi connectivity index (χ3v) is 7.30. The van der Waals surface area contributed by atoms with Crippen LogP contribution in [0.25, 0.3) is 11.5 Å². The molecule has 1 saturated carbocycles. The quantitative estimate of drug-likeness (QED) is 0.416. The molecule has 2 saturated heterocycles. The highest BCUT2D eigenvalue weighted by Crippen LogP contribution is 2.37. The van der Waals surface area contributed by atoms with Crippen molar-refractivity contribution < 1.29 is 46.5 Å². The summed E-state index contributed by atoms with van der Waals surface area (Å²) in [6.07, 6.45) is 2.17. The smallest absolute Gasteiger partial charge is 0.387 e. The molecule has 1 aliphatic carbocycles. The minimum absolute atomic E-state index is 0.0304. The fraction of sp³-hybridized carbons (Fsp3) is 0.556. The fourth-order valence-electron chi connectivity index (χ4n) is 4.96. The van der Waals surface area contributed by atoms with Gasteiger partial charge in [0.25, 0.3) is 5.91 Å². The average Bonchev–Trinajstić information content (AvgIpc) is 3.50. The van der Waals surface area contributed by atoms with Crippen LogP contribution >= 0.6 is 0 Å². The van der Waals surface area contributed by atoms with Crippen LogP contribution in [0.3, 0.4) is 0 Å². The molecule has 0 spiro atoms. The third kappa shape index (κ3) is 6.43. The summed E-state index contributed by atoms with van der Waals surface area (Å²) < 4.78 is 52.2. The van der Waals surface area contributed by atoms with Crippen LogP contribution in [0.4, 0.5) is 8.78 Å². The Hall–Kier alpha value is -3.78. The summed E-state index contributed by atoms with van der Waals surface area (Å²) in [5.41, 5.74) is 6.22. The molecule has 0 bridgehead atoms. The van der Waals surface area contributed by atoms with E-state index in [0.717, 1.165) is 12.8 Å². The molecular weight excluding hydrogens is 546 g/mol. The van der Waals surface area contributed by atoms with Gasteiger partial charge in [-0.1, -0.05) is 0 Å². The Bertz CT molecular complexity index is 1280. The zero-order chi connectivity index (χ0) is 29.1. The molecule has 222 valence electrons. The topological polar surface area (TPSA) is 147 Å². The minimum Gasteiger partial charge on any atom is -0.489 e. The van der Waals surface area contributed by atoms with Gasteiger partial charge in [0.15, 0.2) is 29.1 Å². The zero-order valence-electron chi connectivity index (χ0n) is 22.6. The summed E-state index contributed by atoms with van der Waals surface area (Å²) in [6, 6.07) is 3.52. The Morgan fingerprint density at radius 3 is 2.68 bits per heavy atom. The van der Waals surface area contributed by atoms with Gasteiger partial charge in [-0.05, 0) is 49.8 Å². The molecule has 1 aromatic heterocycles. The maximum Gasteiger partial charge on any atom is 0.387 e. The second kappa shape index (κ2) is 12.4. The molecule has 3 aliphatic rings. The number of amides is 2. The van der Waals surface area contributed by atoms with Crippen molar-refractivity contribution >= 4 is 17.8 Å². The van der Waals surface area contributed by atoms with Crippen molar-refractivity contribution in [3.63, 3.8) is 0 Å². The van der Waals surface area contributed by atoms with Crippen LogP contribution in [0.5, 0.6) is 11.5 Å². The molecule has 41 heavy (non-hydrogen) atoms.